The molecule has 0 aromatic carbocycles. The summed E-state index contributed by atoms with van der Waals surface area (Å²) in [5, 5.41) is 5.35. The number of rotatable bonds is 6. The Morgan fingerprint density at radius 3 is 2.93 bits per heavy atom. The summed E-state index contributed by atoms with van der Waals surface area (Å²) < 4.78 is 8.32. The molecule has 2 aliphatic rings. The molecule has 1 aliphatic carbocycles. The molecular weight excluding hydrogens is 386 g/mol. The lowest BCUT2D eigenvalue weighted by Crippen LogP contribution is -2.65. The molecular formula is C22H31N3O3S. The molecule has 2 aromatic rings. The van der Waals surface area contributed by atoms with E-state index in [0.717, 1.165) is 29.5 Å². The molecule has 4 rings (SSSR count). The molecule has 158 valence electrons. The Labute approximate surface area is 176 Å². The van der Waals surface area contributed by atoms with Crippen molar-refractivity contribution in [1.29, 1.82) is 0 Å². The largest absolute Gasteiger partial charge is 0.385 e. The third-order valence-electron chi connectivity index (χ3n) is 6.70. The van der Waals surface area contributed by atoms with Crippen LogP contribution in [0.3, 0.4) is 0 Å². The number of thiophene rings is 1. The van der Waals surface area contributed by atoms with Crippen molar-refractivity contribution in [2.24, 2.45) is 5.92 Å². The molecule has 0 spiro atoms. The van der Waals surface area contributed by atoms with E-state index in [4.69, 9.17) is 4.74 Å². The van der Waals surface area contributed by atoms with Crippen molar-refractivity contribution in [2.45, 2.75) is 64.1 Å². The van der Waals surface area contributed by atoms with Gasteiger partial charge in [0.25, 0.3) is 5.91 Å². The van der Waals surface area contributed by atoms with E-state index in [1.165, 1.54) is 6.42 Å². The molecule has 1 N–H and O–H groups in total. The van der Waals surface area contributed by atoms with E-state index in [1.807, 2.05) is 29.0 Å². The minimum absolute atomic E-state index is 0.0373. The van der Waals surface area contributed by atoms with E-state index >= 15 is 0 Å². The van der Waals surface area contributed by atoms with Crippen molar-refractivity contribution in [1.82, 2.24) is 14.8 Å². The van der Waals surface area contributed by atoms with Gasteiger partial charge in [-0.2, -0.15) is 0 Å². The van der Waals surface area contributed by atoms with Gasteiger partial charge in [-0.25, -0.2) is 0 Å². The summed E-state index contributed by atoms with van der Waals surface area (Å²) in [7, 11) is 1.66. The quantitative estimate of drug-likeness (QED) is 0.730. The topological polar surface area (TPSA) is 63.6 Å². The van der Waals surface area contributed by atoms with Crippen molar-refractivity contribution in [2.75, 3.05) is 20.3 Å². The Bertz CT molecular complexity index is 904. The first-order valence-electron chi connectivity index (χ1n) is 10.6. The monoisotopic (exact) mass is 417 g/mol. The van der Waals surface area contributed by atoms with Gasteiger partial charge in [-0.05, 0) is 49.6 Å². The van der Waals surface area contributed by atoms with Gasteiger partial charge in [-0.15, -0.1) is 11.3 Å². The normalized spacial score (nSPS) is 27.3. The van der Waals surface area contributed by atoms with Gasteiger partial charge >= 0.3 is 0 Å². The van der Waals surface area contributed by atoms with Gasteiger partial charge in [0.05, 0.1) is 16.8 Å². The highest BCUT2D eigenvalue weighted by molar-refractivity contribution is 7.17. The number of fused-ring (bicyclic) bond motifs is 3. The van der Waals surface area contributed by atoms with E-state index in [9.17, 15) is 9.59 Å². The Hall–Kier alpha value is -1.86. The lowest BCUT2D eigenvalue weighted by Gasteiger charge is -2.45. The number of hydrogen-bond acceptors (Lipinski definition) is 4. The molecule has 3 heterocycles. The molecule has 29 heavy (non-hydrogen) atoms. The summed E-state index contributed by atoms with van der Waals surface area (Å²) in [4.78, 5) is 28.8. The number of hydrogen-bond donors (Lipinski definition) is 1. The SMILES string of the molecule is COCCCN1C(=O)c2cc3sccc3n2C[C@]1(C)C(=O)N[C@H]1CCCC[C@H]1C. The van der Waals surface area contributed by atoms with Crippen LogP contribution in [0.2, 0.25) is 0 Å². The molecule has 1 fully saturated rings. The lowest BCUT2D eigenvalue weighted by atomic mass is 9.85. The van der Waals surface area contributed by atoms with Crippen LogP contribution in [-0.4, -0.2) is 53.1 Å². The first kappa shape index (κ1) is 20.4. The molecule has 3 atom stereocenters. The third-order valence-corrected chi connectivity index (χ3v) is 7.55. The summed E-state index contributed by atoms with van der Waals surface area (Å²) in [6.07, 6.45) is 5.26. The van der Waals surface area contributed by atoms with E-state index in [-0.39, 0.29) is 17.9 Å². The molecule has 2 aromatic heterocycles. The van der Waals surface area contributed by atoms with Gasteiger partial charge in [0.1, 0.15) is 11.2 Å². The van der Waals surface area contributed by atoms with Crippen LogP contribution < -0.4 is 5.32 Å². The smallest absolute Gasteiger partial charge is 0.271 e. The number of ether oxygens (including phenoxy) is 1. The van der Waals surface area contributed by atoms with Crippen molar-refractivity contribution in [3.8, 4) is 0 Å². The summed E-state index contributed by atoms with van der Waals surface area (Å²) in [6.45, 7) is 5.69. The molecule has 1 saturated carbocycles. The Kier molecular flexibility index (Phi) is 5.71. The van der Waals surface area contributed by atoms with Gasteiger partial charge in [-0.1, -0.05) is 19.8 Å². The third kappa shape index (κ3) is 3.59. The molecule has 7 heteroatoms. The Morgan fingerprint density at radius 1 is 1.38 bits per heavy atom. The standard InChI is InChI=1S/C22H31N3O3S/c1-15-7-4-5-8-16(15)23-21(27)22(2)14-24-17-9-12-29-19(17)13-18(24)20(26)25(22)10-6-11-28-3/h9,12-13,15-16H,4-8,10-11,14H2,1-3H3,(H,23,27)/t15-,16+,22-/m1/s1. The Morgan fingerprint density at radius 2 is 2.17 bits per heavy atom. The minimum atomic E-state index is -0.914. The van der Waals surface area contributed by atoms with Crippen molar-refractivity contribution in [3.63, 3.8) is 0 Å². The summed E-state index contributed by atoms with van der Waals surface area (Å²) in [6, 6.07) is 4.20. The Balaban J connectivity index is 1.66. The van der Waals surface area contributed by atoms with Crippen molar-refractivity contribution >= 4 is 33.4 Å². The molecule has 0 bridgehead atoms. The molecule has 0 radical (unpaired) electrons. The zero-order valence-corrected chi connectivity index (χ0v) is 18.4. The summed E-state index contributed by atoms with van der Waals surface area (Å²) >= 11 is 1.63. The van der Waals surface area contributed by atoms with Gasteiger partial charge in [0.15, 0.2) is 0 Å². The second kappa shape index (κ2) is 8.11. The first-order valence-corrected chi connectivity index (χ1v) is 11.5. The number of aromatic nitrogens is 1. The fraction of sp³-hybridized carbons (Fsp3) is 0.636. The van der Waals surface area contributed by atoms with Gasteiger partial charge in [-0.3, -0.25) is 9.59 Å². The van der Waals surface area contributed by atoms with Crippen LogP contribution >= 0.6 is 11.3 Å². The number of amides is 2. The fourth-order valence-corrected chi connectivity index (χ4v) is 5.67. The van der Waals surface area contributed by atoms with Gasteiger partial charge < -0.3 is 19.5 Å². The van der Waals surface area contributed by atoms with Crippen LogP contribution in [0.25, 0.3) is 10.2 Å². The minimum Gasteiger partial charge on any atom is -0.385 e. The van der Waals surface area contributed by atoms with Crippen LogP contribution in [-0.2, 0) is 16.1 Å². The van der Waals surface area contributed by atoms with Crippen LogP contribution in [0.1, 0.15) is 56.4 Å². The summed E-state index contributed by atoms with van der Waals surface area (Å²) in [5.41, 5.74) is 0.809. The maximum absolute atomic E-state index is 13.6. The van der Waals surface area contributed by atoms with Crippen molar-refractivity contribution in [3.05, 3.63) is 23.2 Å². The number of nitrogens with one attached hydrogen (secondary N) is 1. The highest BCUT2D eigenvalue weighted by Gasteiger charge is 2.48. The molecule has 0 saturated heterocycles. The molecule has 1 aliphatic heterocycles. The average molecular weight is 418 g/mol. The molecule has 2 amide bonds. The van der Waals surface area contributed by atoms with Crippen LogP contribution in [0.15, 0.2) is 17.5 Å². The van der Waals surface area contributed by atoms with Gasteiger partial charge in [0.2, 0.25) is 5.91 Å². The molecule has 0 unspecified atom stereocenters. The van der Waals surface area contributed by atoms with Crippen LogP contribution in [0.5, 0.6) is 0 Å². The summed E-state index contributed by atoms with van der Waals surface area (Å²) in [5.74, 6) is 0.373. The number of nitrogens with zero attached hydrogens (tertiary/aromatic N) is 2. The zero-order valence-electron chi connectivity index (χ0n) is 17.6. The predicted molar refractivity (Wildman–Crippen MR) is 115 cm³/mol. The van der Waals surface area contributed by atoms with Crippen molar-refractivity contribution < 1.29 is 14.3 Å². The fourth-order valence-electron chi connectivity index (χ4n) is 4.84. The molecule has 6 nitrogen and oxygen atoms in total. The highest BCUT2D eigenvalue weighted by Crippen LogP contribution is 2.35. The van der Waals surface area contributed by atoms with Crippen LogP contribution in [0, 0.1) is 5.92 Å². The van der Waals surface area contributed by atoms with E-state index in [1.54, 1.807) is 23.3 Å². The maximum Gasteiger partial charge on any atom is 0.271 e. The predicted octanol–water partition coefficient (Wildman–Crippen LogP) is 3.65. The second-order valence-corrected chi connectivity index (χ2v) is 9.65. The lowest BCUT2D eigenvalue weighted by molar-refractivity contribution is -0.134. The van der Waals surface area contributed by atoms with E-state index in [2.05, 4.69) is 12.2 Å². The maximum atomic E-state index is 13.6. The average Bonchev–Trinajstić information content (AvgIpc) is 3.28. The highest BCUT2D eigenvalue weighted by atomic mass is 32.1. The number of carbonyl (C=O) groups is 2. The zero-order chi connectivity index (χ0) is 20.6. The second-order valence-electron chi connectivity index (χ2n) is 8.70. The van der Waals surface area contributed by atoms with Crippen LogP contribution in [0.4, 0.5) is 0 Å². The van der Waals surface area contributed by atoms with E-state index in [0.29, 0.717) is 37.7 Å². The first-order chi connectivity index (χ1) is 14.0. The van der Waals surface area contributed by atoms with Gasteiger partial charge in [0, 0.05) is 26.3 Å². The number of methoxy groups -OCH3 is 1. The number of carbonyl (C=O) groups excluding carboxylic acids is 2. The van der Waals surface area contributed by atoms with E-state index < -0.39 is 5.54 Å².